The van der Waals surface area contributed by atoms with Crippen molar-refractivity contribution in [2.45, 2.75) is 58.0 Å². The zero-order chi connectivity index (χ0) is 14.8. The molecule has 2 atom stereocenters. The zero-order valence-corrected chi connectivity index (χ0v) is 13.1. The van der Waals surface area contributed by atoms with Crippen LogP contribution in [0.15, 0.2) is 6.33 Å². The van der Waals surface area contributed by atoms with Gasteiger partial charge >= 0.3 is 0 Å². The van der Waals surface area contributed by atoms with Gasteiger partial charge in [-0.15, -0.1) is 0 Å². The van der Waals surface area contributed by atoms with Crippen LogP contribution < -0.4 is 0 Å². The maximum Gasteiger partial charge on any atom is 0.160 e. The Bertz CT molecular complexity index is 468. The summed E-state index contributed by atoms with van der Waals surface area (Å²) >= 11 is 0. The fourth-order valence-electron chi connectivity index (χ4n) is 3.43. The van der Waals surface area contributed by atoms with Gasteiger partial charge in [-0.1, -0.05) is 19.8 Å². The molecular formula is C15H26N4O. The summed E-state index contributed by atoms with van der Waals surface area (Å²) in [4.78, 5) is 19.3. The van der Waals surface area contributed by atoms with Crippen LogP contribution in [0.4, 0.5) is 0 Å². The van der Waals surface area contributed by atoms with Gasteiger partial charge in [0.25, 0.3) is 0 Å². The molecule has 0 spiro atoms. The summed E-state index contributed by atoms with van der Waals surface area (Å²) in [6, 6.07) is 0. The number of nitrogens with zero attached hydrogens (tertiary/aromatic N) is 4. The summed E-state index contributed by atoms with van der Waals surface area (Å²) in [6.45, 7) is 5.03. The lowest BCUT2D eigenvalue weighted by molar-refractivity contribution is -0.132. The van der Waals surface area contributed by atoms with Gasteiger partial charge in [0.2, 0.25) is 0 Å². The van der Waals surface area contributed by atoms with Crippen molar-refractivity contribution in [2.24, 2.45) is 5.92 Å². The number of carbonyl (C=O) groups excluding carboxylic acids is 1. The number of aryl methyl sites for hydroxylation is 1. The van der Waals surface area contributed by atoms with Gasteiger partial charge in [0.1, 0.15) is 12.2 Å². The minimum Gasteiger partial charge on any atom is -0.297 e. The van der Waals surface area contributed by atoms with E-state index in [0.717, 1.165) is 31.6 Å². The molecule has 0 saturated heterocycles. The van der Waals surface area contributed by atoms with Crippen LogP contribution in [0, 0.1) is 5.92 Å². The van der Waals surface area contributed by atoms with Crippen molar-refractivity contribution in [1.82, 2.24) is 19.7 Å². The highest BCUT2D eigenvalue weighted by Gasteiger charge is 2.43. The Morgan fingerprint density at radius 3 is 2.90 bits per heavy atom. The van der Waals surface area contributed by atoms with E-state index in [4.69, 9.17) is 0 Å². The molecule has 0 N–H and O–H groups in total. The molecule has 0 aliphatic heterocycles. The Labute approximate surface area is 121 Å². The fourth-order valence-corrected chi connectivity index (χ4v) is 3.43. The van der Waals surface area contributed by atoms with E-state index in [9.17, 15) is 4.79 Å². The summed E-state index contributed by atoms with van der Waals surface area (Å²) in [5.41, 5.74) is -0.317. The second-order valence-electron chi connectivity index (χ2n) is 6.22. The number of likely N-dealkylation sites (N-methyl/N-ethyl adjacent to an activating group) is 1. The average Bonchev–Trinajstić information content (AvgIpc) is 2.85. The van der Waals surface area contributed by atoms with Crippen molar-refractivity contribution < 1.29 is 4.79 Å². The predicted molar refractivity (Wildman–Crippen MR) is 78.5 cm³/mol. The van der Waals surface area contributed by atoms with E-state index < -0.39 is 0 Å². The topological polar surface area (TPSA) is 51.0 Å². The number of hydrogen-bond donors (Lipinski definition) is 0. The summed E-state index contributed by atoms with van der Waals surface area (Å²) in [5.74, 6) is 1.69. The van der Waals surface area contributed by atoms with E-state index >= 15 is 0 Å². The third-order valence-electron chi connectivity index (χ3n) is 4.66. The molecule has 1 aromatic rings. The summed E-state index contributed by atoms with van der Waals surface area (Å²) in [5, 5.41) is 4.16. The average molecular weight is 278 g/mol. The first-order valence-electron chi connectivity index (χ1n) is 7.57. The Morgan fingerprint density at radius 2 is 2.30 bits per heavy atom. The minimum absolute atomic E-state index is 0.289. The number of rotatable bonds is 5. The number of hydrogen-bond acceptors (Lipinski definition) is 4. The maximum atomic E-state index is 12.9. The molecule has 2 unspecified atom stereocenters. The van der Waals surface area contributed by atoms with Gasteiger partial charge in [-0.25, -0.2) is 9.67 Å². The Balaban J connectivity index is 2.19. The van der Waals surface area contributed by atoms with Gasteiger partial charge in [-0.3, -0.25) is 9.69 Å². The molecule has 0 amide bonds. The maximum absolute atomic E-state index is 12.9. The van der Waals surface area contributed by atoms with Crippen LogP contribution in [-0.4, -0.2) is 45.1 Å². The molecule has 1 fully saturated rings. The predicted octanol–water partition coefficient (Wildman–Crippen LogP) is 1.92. The van der Waals surface area contributed by atoms with Gasteiger partial charge in [0, 0.05) is 6.54 Å². The van der Waals surface area contributed by atoms with Crippen LogP contribution >= 0.6 is 0 Å². The molecule has 0 bridgehead atoms. The number of aromatic nitrogens is 3. The zero-order valence-electron chi connectivity index (χ0n) is 13.1. The van der Waals surface area contributed by atoms with Gasteiger partial charge < -0.3 is 0 Å². The molecule has 1 saturated carbocycles. The molecule has 112 valence electrons. The highest BCUT2D eigenvalue weighted by molar-refractivity contribution is 5.89. The molecule has 1 heterocycles. The summed E-state index contributed by atoms with van der Waals surface area (Å²) in [7, 11) is 4.06. The van der Waals surface area contributed by atoms with Gasteiger partial charge in [-0.2, -0.15) is 5.10 Å². The van der Waals surface area contributed by atoms with Crippen LogP contribution in [0.1, 0.15) is 45.4 Å². The van der Waals surface area contributed by atoms with E-state index in [0.29, 0.717) is 12.3 Å². The van der Waals surface area contributed by atoms with Gasteiger partial charge in [0.15, 0.2) is 5.78 Å². The molecular weight excluding hydrogens is 252 g/mol. The van der Waals surface area contributed by atoms with Crippen LogP contribution in [0.3, 0.4) is 0 Å². The third-order valence-corrected chi connectivity index (χ3v) is 4.66. The minimum atomic E-state index is -0.317. The fraction of sp³-hybridized carbons (Fsp3) is 0.800. The Hall–Kier alpha value is -1.23. The molecule has 1 aliphatic rings. The van der Waals surface area contributed by atoms with Crippen molar-refractivity contribution >= 4 is 5.78 Å². The highest BCUT2D eigenvalue weighted by atomic mass is 16.1. The highest BCUT2D eigenvalue weighted by Crippen LogP contribution is 2.37. The van der Waals surface area contributed by atoms with E-state index in [1.165, 1.54) is 12.7 Å². The van der Waals surface area contributed by atoms with Crippen LogP contribution in [-0.2, 0) is 17.8 Å². The van der Waals surface area contributed by atoms with Crippen molar-refractivity contribution in [1.29, 1.82) is 0 Å². The van der Waals surface area contributed by atoms with Crippen molar-refractivity contribution in [3.8, 4) is 0 Å². The van der Waals surface area contributed by atoms with Gasteiger partial charge in [-0.05, 0) is 39.8 Å². The third kappa shape index (κ3) is 2.77. The Morgan fingerprint density at radius 1 is 1.55 bits per heavy atom. The molecule has 1 aliphatic carbocycles. The van der Waals surface area contributed by atoms with Crippen molar-refractivity contribution in [3.05, 3.63) is 12.2 Å². The second kappa shape index (κ2) is 6.04. The monoisotopic (exact) mass is 278 g/mol. The molecule has 20 heavy (non-hydrogen) atoms. The quantitative estimate of drug-likeness (QED) is 0.825. The number of ketones is 1. The lowest BCUT2D eigenvalue weighted by Crippen LogP contribution is -2.54. The Kier molecular flexibility index (Phi) is 4.58. The van der Waals surface area contributed by atoms with Crippen LogP contribution in [0.2, 0.25) is 0 Å². The molecule has 5 nitrogen and oxygen atoms in total. The summed E-state index contributed by atoms with van der Waals surface area (Å²) in [6.07, 6.45) is 6.21. The standard InChI is InChI=1S/C15H26N4O/c1-5-19-14(16-11-17-19)9-13(20)15(18(3)4)8-6-7-12(2)10-15/h11-12H,5-10H2,1-4H3. The van der Waals surface area contributed by atoms with E-state index in [-0.39, 0.29) is 11.3 Å². The molecule has 0 radical (unpaired) electrons. The molecule has 5 heteroatoms. The largest absolute Gasteiger partial charge is 0.297 e. The SMILES string of the molecule is CCn1ncnc1CC(=O)C1(N(C)C)CCCC(C)C1. The van der Waals surface area contributed by atoms with Crippen LogP contribution in [0.5, 0.6) is 0 Å². The smallest absolute Gasteiger partial charge is 0.160 e. The van der Waals surface area contributed by atoms with E-state index in [1.54, 1.807) is 0 Å². The van der Waals surface area contributed by atoms with E-state index in [2.05, 4.69) is 21.9 Å². The van der Waals surface area contributed by atoms with E-state index in [1.807, 2.05) is 25.7 Å². The molecule has 2 rings (SSSR count). The molecule has 0 aromatic carbocycles. The first-order valence-corrected chi connectivity index (χ1v) is 7.57. The van der Waals surface area contributed by atoms with Crippen LogP contribution in [0.25, 0.3) is 0 Å². The lowest BCUT2D eigenvalue weighted by atomic mass is 9.72. The first-order chi connectivity index (χ1) is 9.49. The van der Waals surface area contributed by atoms with Gasteiger partial charge in [0.05, 0.1) is 12.0 Å². The number of Topliss-reactive ketones (excluding diaryl/α,β-unsaturated/α-hetero) is 1. The van der Waals surface area contributed by atoms with Crippen molar-refractivity contribution in [3.63, 3.8) is 0 Å². The lowest BCUT2D eigenvalue weighted by Gasteiger charge is -2.43. The van der Waals surface area contributed by atoms with Crippen molar-refractivity contribution in [2.75, 3.05) is 14.1 Å². The number of carbonyl (C=O) groups is 1. The second-order valence-corrected chi connectivity index (χ2v) is 6.22. The molecule has 1 aromatic heterocycles. The normalized spacial score (nSPS) is 26.9. The first kappa shape index (κ1) is 15.2. The summed E-state index contributed by atoms with van der Waals surface area (Å²) < 4.78 is 1.81.